The lowest BCUT2D eigenvalue weighted by Gasteiger charge is -2.34. The van der Waals surface area contributed by atoms with Crippen LogP contribution in [0, 0.1) is 6.92 Å². The Kier molecular flexibility index (Phi) is 5.83. The summed E-state index contributed by atoms with van der Waals surface area (Å²) in [4.78, 5) is 4.60. The van der Waals surface area contributed by atoms with Crippen molar-refractivity contribution in [1.82, 2.24) is 9.80 Å². The summed E-state index contributed by atoms with van der Waals surface area (Å²) < 4.78 is 11.6. The van der Waals surface area contributed by atoms with Crippen LogP contribution >= 0.6 is 0 Å². The van der Waals surface area contributed by atoms with Gasteiger partial charge < -0.3 is 14.4 Å². The first-order chi connectivity index (χ1) is 9.63. The molecule has 0 amide bonds. The van der Waals surface area contributed by atoms with Gasteiger partial charge in [0.2, 0.25) is 0 Å². The molecule has 4 heteroatoms. The van der Waals surface area contributed by atoms with E-state index in [1.54, 1.807) is 0 Å². The maximum absolute atomic E-state index is 5.81. The molecule has 4 nitrogen and oxygen atoms in total. The molecule has 0 bridgehead atoms. The lowest BCUT2D eigenvalue weighted by Crippen LogP contribution is -2.47. The predicted octanol–water partition coefficient (Wildman–Crippen LogP) is 1.64. The van der Waals surface area contributed by atoms with Crippen molar-refractivity contribution in [3.05, 3.63) is 29.8 Å². The van der Waals surface area contributed by atoms with E-state index in [0.29, 0.717) is 6.10 Å². The van der Waals surface area contributed by atoms with Crippen LogP contribution in [-0.4, -0.2) is 69.4 Å². The molecule has 0 spiro atoms. The number of hydrogen-bond acceptors (Lipinski definition) is 4. The van der Waals surface area contributed by atoms with E-state index in [9.17, 15) is 0 Å². The van der Waals surface area contributed by atoms with Crippen molar-refractivity contribution in [2.24, 2.45) is 0 Å². The molecule has 1 heterocycles. The molecule has 0 aliphatic carbocycles. The topological polar surface area (TPSA) is 24.9 Å². The van der Waals surface area contributed by atoms with Crippen LogP contribution < -0.4 is 4.74 Å². The van der Waals surface area contributed by atoms with Crippen molar-refractivity contribution in [2.45, 2.75) is 13.0 Å². The molecule has 0 aromatic heterocycles. The highest BCUT2D eigenvalue weighted by Crippen LogP contribution is 2.12. The summed E-state index contributed by atoms with van der Waals surface area (Å²) in [6.45, 7) is 7.58. The Balaban J connectivity index is 1.71. The third kappa shape index (κ3) is 5.12. The second-order valence-corrected chi connectivity index (χ2v) is 5.72. The fourth-order valence-electron chi connectivity index (χ4n) is 2.50. The number of hydrogen-bond donors (Lipinski definition) is 0. The highest BCUT2D eigenvalue weighted by Gasteiger charge is 2.20. The first kappa shape index (κ1) is 15.3. The summed E-state index contributed by atoms with van der Waals surface area (Å²) in [6.07, 6.45) is 0.317. The van der Waals surface area contributed by atoms with Gasteiger partial charge in [-0.3, -0.25) is 4.90 Å². The number of aryl methyl sites for hydroxylation is 1. The molecule has 1 aromatic carbocycles. The molecular formula is C16H26N2O2. The number of rotatable bonds is 6. The summed E-state index contributed by atoms with van der Waals surface area (Å²) in [5, 5.41) is 0. The van der Waals surface area contributed by atoms with Crippen LogP contribution in [0.25, 0.3) is 0 Å². The first-order valence-electron chi connectivity index (χ1n) is 7.31. The zero-order chi connectivity index (χ0) is 14.4. The molecule has 1 atom stereocenters. The number of benzene rings is 1. The van der Waals surface area contributed by atoms with Crippen molar-refractivity contribution in [2.75, 3.05) is 53.5 Å². The first-order valence-corrected chi connectivity index (χ1v) is 7.31. The molecule has 1 aliphatic heterocycles. The van der Waals surface area contributed by atoms with Gasteiger partial charge in [-0.05, 0) is 38.7 Å². The Morgan fingerprint density at radius 3 is 3.00 bits per heavy atom. The lowest BCUT2D eigenvalue weighted by atomic mass is 10.2. The Hall–Kier alpha value is -1.10. The smallest absolute Gasteiger partial charge is 0.119 e. The van der Waals surface area contributed by atoms with Gasteiger partial charge in [0.1, 0.15) is 12.4 Å². The summed E-state index contributed by atoms with van der Waals surface area (Å²) in [7, 11) is 4.17. The maximum Gasteiger partial charge on any atom is 0.119 e. The Morgan fingerprint density at radius 2 is 2.25 bits per heavy atom. The molecule has 0 N–H and O–H groups in total. The molecule has 20 heavy (non-hydrogen) atoms. The summed E-state index contributed by atoms with van der Waals surface area (Å²) in [6, 6.07) is 8.21. The Morgan fingerprint density at radius 1 is 1.40 bits per heavy atom. The molecule has 1 fully saturated rings. The van der Waals surface area contributed by atoms with Gasteiger partial charge in [-0.25, -0.2) is 0 Å². The van der Waals surface area contributed by atoms with Gasteiger partial charge in [0.05, 0.1) is 12.7 Å². The quantitative estimate of drug-likeness (QED) is 0.790. The van der Waals surface area contributed by atoms with Crippen molar-refractivity contribution in [1.29, 1.82) is 0 Å². The molecular weight excluding hydrogens is 252 g/mol. The van der Waals surface area contributed by atoms with Crippen LogP contribution in [0.5, 0.6) is 5.75 Å². The third-order valence-corrected chi connectivity index (χ3v) is 3.46. The zero-order valence-electron chi connectivity index (χ0n) is 12.8. The van der Waals surface area contributed by atoms with Gasteiger partial charge in [0.15, 0.2) is 0 Å². The minimum absolute atomic E-state index is 0.317. The number of morpholine rings is 1. The van der Waals surface area contributed by atoms with E-state index in [1.165, 1.54) is 5.56 Å². The predicted molar refractivity (Wildman–Crippen MR) is 81.4 cm³/mol. The van der Waals surface area contributed by atoms with Gasteiger partial charge in [-0.1, -0.05) is 12.1 Å². The minimum atomic E-state index is 0.317. The second kappa shape index (κ2) is 7.62. The molecule has 1 aliphatic rings. The zero-order valence-corrected chi connectivity index (χ0v) is 12.8. The maximum atomic E-state index is 5.81. The van der Waals surface area contributed by atoms with Crippen LogP contribution in [0.2, 0.25) is 0 Å². The van der Waals surface area contributed by atoms with E-state index in [0.717, 1.165) is 45.1 Å². The van der Waals surface area contributed by atoms with Gasteiger partial charge in [0, 0.05) is 26.2 Å². The van der Waals surface area contributed by atoms with Crippen molar-refractivity contribution >= 4 is 0 Å². The second-order valence-electron chi connectivity index (χ2n) is 5.72. The monoisotopic (exact) mass is 278 g/mol. The molecule has 0 saturated carbocycles. The van der Waals surface area contributed by atoms with Crippen LogP contribution in [0.4, 0.5) is 0 Å². The molecule has 0 radical (unpaired) electrons. The third-order valence-electron chi connectivity index (χ3n) is 3.46. The summed E-state index contributed by atoms with van der Waals surface area (Å²) in [5.74, 6) is 0.961. The van der Waals surface area contributed by atoms with Crippen molar-refractivity contribution in [3.63, 3.8) is 0 Å². The Labute approximate surface area is 122 Å². The summed E-state index contributed by atoms with van der Waals surface area (Å²) >= 11 is 0. The highest BCUT2D eigenvalue weighted by atomic mass is 16.5. The Bertz CT molecular complexity index is 409. The van der Waals surface area contributed by atoms with Crippen molar-refractivity contribution in [3.8, 4) is 5.75 Å². The van der Waals surface area contributed by atoms with Crippen LogP contribution in [-0.2, 0) is 4.74 Å². The van der Waals surface area contributed by atoms with Gasteiger partial charge in [0.25, 0.3) is 0 Å². The minimum Gasteiger partial charge on any atom is -0.492 e. The van der Waals surface area contributed by atoms with Gasteiger partial charge in [-0.2, -0.15) is 0 Å². The number of ether oxygens (including phenoxy) is 2. The molecule has 1 saturated heterocycles. The molecule has 1 aromatic rings. The summed E-state index contributed by atoms with van der Waals surface area (Å²) in [5.41, 5.74) is 1.24. The van der Waals surface area contributed by atoms with E-state index in [1.807, 2.05) is 12.1 Å². The normalized spacial score (nSPS) is 20.3. The standard InChI is InChI=1S/C16H26N2O2/c1-14-5-4-6-15(11-14)19-9-7-18-8-10-20-16(13-18)12-17(2)3/h4-6,11,16H,7-10,12-13H2,1-3H3/t16-/m0/s1. The van der Waals surface area contributed by atoms with E-state index in [-0.39, 0.29) is 0 Å². The van der Waals surface area contributed by atoms with Gasteiger partial charge in [-0.15, -0.1) is 0 Å². The van der Waals surface area contributed by atoms with E-state index in [4.69, 9.17) is 9.47 Å². The number of nitrogens with zero attached hydrogens (tertiary/aromatic N) is 2. The average molecular weight is 278 g/mol. The molecule has 0 unspecified atom stereocenters. The van der Waals surface area contributed by atoms with E-state index in [2.05, 4.69) is 43.0 Å². The van der Waals surface area contributed by atoms with Crippen molar-refractivity contribution < 1.29 is 9.47 Å². The molecule has 112 valence electrons. The fourth-order valence-corrected chi connectivity index (χ4v) is 2.50. The largest absolute Gasteiger partial charge is 0.492 e. The van der Waals surface area contributed by atoms with E-state index >= 15 is 0 Å². The van der Waals surface area contributed by atoms with Crippen LogP contribution in [0.1, 0.15) is 5.56 Å². The molecule has 2 rings (SSSR count). The SMILES string of the molecule is Cc1cccc(OCCN2CCO[C@@H](CN(C)C)C2)c1. The van der Waals surface area contributed by atoms with Gasteiger partial charge >= 0.3 is 0 Å². The number of likely N-dealkylation sites (N-methyl/N-ethyl adjacent to an activating group) is 1. The van der Waals surface area contributed by atoms with E-state index < -0.39 is 0 Å². The van der Waals surface area contributed by atoms with Crippen LogP contribution in [0.15, 0.2) is 24.3 Å². The fraction of sp³-hybridized carbons (Fsp3) is 0.625. The van der Waals surface area contributed by atoms with Crippen LogP contribution in [0.3, 0.4) is 0 Å². The lowest BCUT2D eigenvalue weighted by molar-refractivity contribution is -0.0405. The highest BCUT2D eigenvalue weighted by molar-refractivity contribution is 5.27. The average Bonchev–Trinajstić information content (AvgIpc) is 2.38.